The van der Waals surface area contributed by atoms with Crippen LogP contribution in [0.3, 0.4) is 0 Å². The van der Waals surface area contributed by atoms with E-state index < -0.39 is 5.41 Å². The lowest BCUT2D eigenvalue weighted by Crippen LogP contribution is -2.35. The Balaban J connectivity index is 1.83. The second-order valence-electron chi connectivity index (χ2n) is 5.85. The Kier molecular flexibility index (Phi) is 4.24. The Labute approximate surface area is 124 Å². The lowest BCUT2D eigenvalue weighted by Gasteiger charge is -2.22. The largest absolute Gasteiger partial charge is 0.465 e. The van der Waals surface area contributed by atoms with Crippen molar-refractivity contribution in [2.45, 2.75) is 56.8 Å². The van der Waals surface area contributed by atoms with Crippen molar-refractivity contribution < 1.29 is 18.8 Å². The molecule has 0 spiro atoms. The topological polar surface area (TPSA) is 74.5 Å². The van der Waals surface area contributed by atoms with E-state index in [0.717, 1.165) is 51.7 Å². The molecule has 2 heterocycles. The van der Waals surface area contributed by atoms with Crippen molar-refractivity contribution in [3.05, 3.63) is 11.7 Å². The van der Waals surface area contributed by atoms with Crippen LogP contribution in [0.1, 0.15) is 63.1 Å². The fourth-order valence-corrected chi connectivity index (χ4v) is 3.30. The molecule has 0 radical (unpaired) electrons. The molecule has 1 aromatic heterocycles. The number of hydrogen-bond acceptors (Lipinski definition) is 6. The van der Waals surface area contributed by atoms with Gasteiger partial charge in [0.1, 0.15) is 5.41 Å². The summed E-state index contributed by atoms with van der Waals surface area (Å²) in [5, 5.41) is 4.12. The molecule has 0 amide bonds. The molecule has 0 N–H and O–H groups in total. The average molecular weight is 294 g/mol. The third-order valence-electron chi connectivity index (χ3n) is 4.56. The Morgan fingerprint density at radius 3 is 2.71 bits per heavy atom. The van der Waals surface area contributed by atoms with Gasteiger partial charge in [0.05, 0.1) is 6.61 Å². The van der Waals surface area contributed by atoms with Crippen LogP contribution in [0.25, 0.3) is 0 Å². The summed E-state index contributed by atoms with van der Waals surface area (Å²) in [7, 11) is 0. The Morgan fingerprint density at radius 1 is 1.33 bits per heavy atom. The van der Waals surface area contributed by atoms with E-state index in [1.54, 1.807) is 0 Å². The monoisotopic (exact) mass is 294 g/mol. The van der Waals surface area contributed by atoms with Crippen LogP contribution < -0.4 is 0 Å². The summed E-state index contributed by atoms with van der Waals surface area (Å²) >= 11 is 0. The summed E-state index contributed by atoms with van der Waals surface area (Å²) in [5.74, 6) is 1.21. The van der Waals surface area contributed by atoms with Gasteiger partial charge in [0.15, 0.2) is 5.82 Å². The van der Waals surface area contributed by atoms with Gasteiger partial charge in [0.2, 0.25) is 5.89 Å². The zero-order valence-corrected chi connectivity index (χ0v) is 12.5. The Hall–Kier alpha value is -1.43. The van der Waals surface area contributed by atoms with Crippen molar-refractivity contribution in [1.82, 2.24) is 10.1 Å². The minimum atomic E-state index is -0.716. The number of aromatic nitrogens is 2. The van der Waals surface area contributed by atoms with Crippen LogP contribution in [0.15, 0.2) is 4.52 Å². The first-order chi connectivity index (χ1) is 10.3. The lowest BCUT2D eigenvalue weighted by molar-refractivity contribution is -0.151. The van der Waals surface area contributed by atoms with E-state index in [1.165, 1.54) is 0 Å². The molecule has 1 saturated heterocycles. The van der Waals surface area contributed by atoms with Gasteiger partial charge in [-0.2, -0.15) is 4.98 Å². The highest BCUT2D eigenvalue weighted by Gasteiger charge is 2.49. The van der Waals surface area contributed by atoms with Crippen LogP contribution in [-0.2, 0) is 19.7 Å². The van der Waals surface area contributed by atoms with Gasteiger partial charge in [-0.05, 0) is 32.6 Å². The number of hydrogen-bond donors (Lipinski definition) is 0. The quantitative estimate of drug-likeness (QED) is 0.793. The van der Waals surface area contributed by atoms with Gasteiger partial charge in [-0.15, -0.1) is 0 Å². The number of ether oxygens (including phenoxy) is 2. The summed E-state index contributed by atoms with van der Waals surface area (Å²) in [5.41, 5.74) is -0.716. The first-order valence-electron chi connectivity index (χ1n) is 7.85. The minimum Gasteiger partial charge on any atom is -0.465 e. The van der Waals surface area contributed by atoms with E-state index >= 15 is 0 Å². The number of esters is 1. The first kappa shape index (κ1) is 14.5. The molecule has 2 fully saturated rings. The van der Waals surface area contributed by atoms with Crippen LogP contribution >= 0.6 is 0 Å². The van der Waals surface area contributed by atoms with Crippen molar-refractivity contribution in [2.24, 2.45) is 0 Å². The molecule has 2 aliphatic rings. The van der Waals surface area contributed by atoms with E-state index in [4.69, 9.17) is 14.0 Å². The number of nitrogens with zero attached hydrogens (tertiary/aromatic N) is 2. The molecular weight excluding hydrogens is 272 g/mol. The third-order valence-corrected chi connectivity index (χ3v) is 4.56. The van der Waals surface area contributed by atoms with Gasteiger partial charge in [-0.25, -0.2) is 0 Å². The molecule has 1 saturated carbocycles. The SMILES string of the molecule is CCOC(=O)C1(c2nc(C3CCOCC3)no2)CCCC1. The van der Waals surface area contributed by atoms with E-state index in [0.29, 0.717) is 18.3 Å². The number of carbonyl (C=O) groups excluding carboxylic acids is 1. The third kappa shape index (κ3) is 2.69. The molecule has 21 heavy (non-hydrogen) atoms. The van der Waals surface area contributed by atoms with Gasteiger partial charge < -0.3 is 14.0 Å². The molecule has 0 aromatic carbocycles. The standard InChI is InChI=1S/C15H22N2O4/c1-2-20-14(18)15(7-3-4-8-15)13-16-12(17-21-13)11-5-9-19-10-6-11/h11H,2-10H2,1H3. The molecule has 0 unspecified atom stereocenters. The van der Waals surface area contributed by atoms with Crippen molar-refractivity contribution in [2.75, 3.05) is 19.8 Å². The Bertz CT molecular complexity index is 488. The normalized spacial score (nSPS) is 22.3. The summed E-state index contributed by atoms with van der Waals surface area (Å²) < 4.78 is 16.1. The summed E-state index contributed by atoms with van der Waals surface area (Å²) in [6.45, 7) is 3.67. The van der Waals surface area contributed by atoms with Crippen LogP contribution in [0.5, 0.6) is 0 Å². The van der Waals surface area contributed by atoms with Crippen molar-refractivity contribution in [1.29, 1.82) is 0 Å². The molecule has 1 aliphatic heterocycles. The van der Waals surface area contributed by atoms with E-state index in [2.05, 4.69) is 10.1 Å². The number of carbonyl (C=O) groups is 1. The molecule has 1 aromatic rings. The lowest BCUT2D eigenvalue weighted by atomic mass is 9.86. The van der Waals surface area contributed by atoms with Crippen LogP contribution in [0.4, 0.5) is 0 Å². The van der Waals surface area contributed by atoms with Crippen molar-refractivity contribution >= 4 is 5.97 Å². The van der Waals surface area contributed by atoms with Gasteiger partial charge in [0.25, 0.3) is 0 Å². The maximum absolute atomic E-state index is 12.4. The zero-order chi connectivity index (χ0) is 14.7. The zero-order valence-electron chi connectivity index (χ0n) is 12.5. The summed E-state index contributed by atoms with van der Waals surface area (Å²) in [6.07, 6.45) is 5.28. The Morgan fingerprint density at radius 2 is 2.05 bits per heavy atom. The van der Waals surface area contributed by atoms with E-state index in [9.17, 15) is 4.79 Å². The molecule has 6 heteroatoms. The maximum Gasteiger partial charge on any atom is 0.321 e. The fraction of sp³-hybridized carbons (Fsp3) is 0.800. The molecular formula is C15H22N2O4. The molecule has 1 aliphatic carbocycles. The van der Waals surface area contributed by atoms with Gasteiger partial charge in [-0.3, -0.25) is 4.79 Å². The van der Waals surface area contributed by atoms with Crippen LogP contribution in [0, 0.1) is 0 Å². The second kappa shape index (κ2) is 6.13. The molecule has 116 valence electrons. The van der Waals surface area contributed by atoms with Crippen molar-refractivity contribution in [3.8, 4) is 0 Å². The molecule has 3 rings (SSSR count). The van der Waals surface area contributed by atoms with Crippen molar-refractivity contribution in [3.63, 3.8) is 0 Å². The second-order valence-corrected chi connectivity index (χ2v) is 5.85. The molecule has 0 atom stereocenters. The highest BCUT2D eigenvalue weighted by Crippen LogP contribution is 2.42. The summed E-state index contributed by atoms with van der Waals surface area (Å²) in [4.78, 5) is 16.9. The van der Waals surface area contributed by atoms with E-state index in [-0.39, 0.29) is 11.9 Å². The highest BCUT2D eigenvalue weighted by atomic mass is 16.5. The van der Waals surface area contributed by atoms with Crippen LogP contribution in [-0.4, -0.2) is 35.9 Å². The highest BCUT2D eigenvalue weighted by molar-refractivity contribution is 5.82. The number of rotatable bonds is 4. The summed E-state index contributed by atoms with van der Waals surface area (Å²) in [6, 6.07) is 0. The predicted molar refractivity (Wildman–Crippen MR) is 73.9 cm³/mol. The van der Waals surface area contributed by atoms with E-state index in [1.807, 2.05) is 6.92 Å². The first-order valence-corrected chi connectivity index (χ1v) is 7.85. The smallest absolute Gasteiger partial charge is 0.321 e. The maximum atomic E-state index is 12.4. The van der Waals surface area contributed by atoms with Crippen LogP contribution in [0.2, 0.25) is 0 Å². The predicted octanol–water partition coefficient (Wildman–Crippen LogP) is 2.34. The molecule has 0 bridgehead atoms. The average Bonchev–Trinajstić information content (AvgIpc) is 3.18. The fourth-order valence-electron chi connectivity index (χ4n) is 3.30. The molecule has 6 nitrogen and oxygen atoms in total. The minimum absolute atomic E-state index is 0.218. The van der Waals surface area contributed by atoms with Gasteiger partial charge in [-0.1, -0.05) is 18.0 Å². The van der Waals surface area contributed by atoms with Gasteiger partial charge in [0, 0.05) is 19.1 Å². The van der Waals surface area contributed by atoms with Gasteiger partial charge >= 0.3 is 5.97 Å².